The Kier molecular flexibility index (Phi) is 54.1. The highest BCUT2D eigenvalue weighted by Crippen LogP contribution is 2.35. The summed E-state index contributed by atoms with van der Waals surface area (Å²) >= 11 is 0. The molecule has 14 nitrogen and oxygen atoms in total. The average Bonchev–Trinajstić information content (AvgIpc) is 0.927. The van der Waals surface area contributed by atoms with E-state index in [1.807, 2.05) is 166 Å². The first-order valence-corrected chi connectivity index (χ1v) is 51.9. The molecule has 0 bridgehead atoms. The van der Waals surface area contributed by atoms with Crippen LogP contribution in [-0.2, 0) is 76.8 Å². The van der Waals surface area contributed by atoms with Crippen LogP contribution in [0.25, 0.3) is 16.0 Å². The molecule has 0 saturated heterocycles. The lowest BCUT2D eigenvalue weighted by molar-refractivity contribution is -0.132. The van der Waals surface area contributed by atoms with E-state index in [-0.39, 0.29) is 36.5 Å². The molecule has 13 aromatic carbocycles. The van der Waals surface area contributed by atoms with Gasteiger partial charge in [-0.1, -0.05) is 349 Å². The lowest BCUT2D eigenvalue weighted by Gasteiger charge is -2.25. The van der Waals surface area contributed by atoms with Crippen LogP contribution in [0.5, 0.6) is 28.7 Å². The summed E-state index contributed by atoms with van der Waals surface area (Å²) in [6.45, 7) is 51.3. The molecule has 11 unspecified atom stereocenters. The van der Waals surface area contributed by atoms with Gasteiger partial charge in [0.05, 0.1) is 102 Å². The number of aryl methyl sites for hydroxylation is 6. The predicted octanol–water partition coefficient (Wildman–Crippen LogP) is 31.9. The molecule has 0 N–H and O–H groups in total. The number of esters is 1. The van der Waals surface area contributed by atoms with Crippen molar-refractivity contribution < 1.29 is 61.6 Å². The summed E-state index contributed by atoms with van der Waals surface area (Å²) in [4.78, 5) is 14.5. The van der Waals surface area contributed by atoms with Gasteiger partial charge in [0.2, 0.25) is 0 Å². The number of hydrogen-bond donors (Lipinski definition) is 0. The molecule has 11 atom stereocenters. The molecule has 1 saturated carbocycles. The number of carbonyl (C=O) groups is 1. The fourth-order valence-corrected chi connectivity index (χ4v) is 17.1. The monoisotopic (exact) mass is 1950 g/mol. The van der Waals surface area contributed by atoms with Crippen LogP contribution in [0.2, 0.25) is 0 Å². The topological polar surface area (TPSA) is 132 Å². The third kappa shape index (κ3) is 43.7. The van der Waals surface area contributed by atoms with Crippen LogP contribution in [0, 0.1) is 48.1 Å². The molecule has 13 aromatic rings. The Hall–Kier alpha value is -12.3. The molecule has 1 aliphatic carbocycles. The summed E-state index contributed by atoms with van der Waals surface area (Å²) in [6, 6.07) is 113. The van der Waals surface area contributed by atoms with Crippen LogP contribution in [-0.4, -0.2) is 108 Å². The molecule has 14 heteroatoms. The van der Waals surface area contributed by atoms with Crippen molar-refractivity contribution in [1.29, 1.82) is 0 Å². The normalized spacial score (nSPS) is 13.7. The summed E-state index contributed by atoms with van der Waals surface area (Å²) in [5.74, 6) is 5.00. The van der Waals surface area contributed by atoms with Crippen LogP contribution >= 0.6 is 0 Å². The number of hydrogen-bond acceptors (Lipinski definition) is 13. The molecule has 14 rings (SSSR count). The second kappa shape index (κ2) is 66.6. The fraction of sp³-hybridized carbons (Fsp3) is 0.385. The number of benzene rings is 13. The second-order valence-corrected chi connectivity index (χ2v) is 37.7. The van der Waals surface area contributed by atoms with Gasteiger partial charge in [0, 0.05) is 35.8 Å². The SMILES string of the molecule is CC(=O)Oc1ccccc1COC(C)Cc1ccc(C)cc1.CC(OCCOc1ccccc1-c1ccccc1)C(C)c1ccccc1.CCC(C)OC(C)Cc1c(C)cccc1C.CCC(c1ccccc1OC)C(C)OCc1ccccc1.Cc1cccc(C)c1OCCOC(C)C(C)c1ccccc1.Cc1ccccc1CC(C)OC1CCCC1.[C-]#[N+]c1ccc(CC(C)OCCOc2ccccc2)cc1. The van der Waals surface area contributed by atoms with Gasteiger partial charge in [-0.05, 0) is 257 Å². The molecule has 0 radical (unpaired) electrons. The van der Waals surface area contributed by atoms with E-state index in [0.29, 0.717) is 106 Å². The van der Waals surface area contributed by atoms with Crippen molar-refractivity contribution in [1.82, 2.24) is 0 Å². The van der Waals surface area contributed by atoms with E-state index >= 15 is 0 Å². The number of methoxy groups -OCH3 is 1. The highest BCUT2D eigenvalue weighted by atomic mass is 16.6. The Balaban J connectivity index is 0.000000206. The summed E-state index contributed by atoms with van der Waals surface area (Å²) in [5.41, 5.74) is 21.9. The van der Waals surface area contributed by atoms with Gasteiger partial charge in [-0.2, -0.15) is 0 Å². The molecule has 1 fully saturated rings. The van der Waals surface area contributed by atoms with Crippen molar-refractivity contribution in [2.75, 3.05) is 46.8 Å². The van der Waals surface area contributed by atoms with Crippen molar-refractivity contribution in [2.24, 2.45) is 0 Å². The molecule has 0 aliphatic heterocycles. The maximum Gasteiger partial charge on any atom is 0.308 e. The van der Waals surface area contributed by atoms with E-state index in [1.54, 1.807) is 13.2 Å². The quantitative estimate of drug-likeness (QED) is 0.0155. The Bertz CT molecular complexity index is 5650. The minimum atomic E-state index is -0.319. The molecule has 0 amide bonds. The Morgan fingerprint density at radius 2 is 0.833 bits per heavy atom. The van der Waals surface area contributed by atoms with Crippen molar-refractivity contribution >= 4 is 11.7 Å². The molecular formula is C130H163NO13. The van der Waals surface area contributed by atoms with Gasteiger partial charge in [0.25, 0.3) is 0 Å². The molecule has 144 heavy (non-hydrogen) atoms. The van der Waals surface area contributed by atoms with Crippen LogP contribution < -0.4 is 23.7 Å². The third-order valence-electron chi connectivity index (χ3n) is 25.9. The number of nitrogens with zero attached hydrogens (tertiary/aromatic N) is 1. The standard InChI is InChI=1S/C24H26O2.C20H26O2.C19H22O3.C19H24O2.C18H19NO2.C15H22O.C15H24O/c1-19(21-11-5-3-6-12-21)20(2)25-17-18-26-24-16-10-9-15-23(24)22-13-7-4-8-14-22;1-15-9-8-10-16(2)20(15)22-14-13-21-18(4)17(3)19-11-6-5-7-12-19;1-14-8-10-17(11-9-14)12-15(2)21-13-18-6-4-5-7-19(18)22-16(3)20;1-4-17(18-12-8-9-13-19(18)20-3)15(2)21-14-16-10-6-5-7-11-16;1-15(14-16-8-10-17(19-2)11-9-16)20-12-13-21-18-6-4-3-5-7-18;1-12-7-3-4-8-14(12)11-13(2)16-15-9-5-6-10-15;1-6-13(4)16-14(5)10-15-11(2)8-7-9-12(15)3/h3-16,19-20H,17-18H2,1-2H3;5-12,17-18H,13-14H2,1-4H3;4-11,15H,12-13H2,1-3H3;5-13,15,17H,4,14H2,1-3H3;3-11,15H,12-14H2,1H3;3-4,7-8,13,15H,5-6,9-11H2,1-2H3;7-9,13-14H,6,10H2,1-5H3. The number of ether oxygens (including phenoxy) is 12. The first-order chi connectivity index (χ1) is 69.7. The van der Waals surface area contributed by atoms with Gasteiger partial charge in [-0.25, -0.2) is 4.85 Å². The van der Waals surface area contributed by atoms with E-state index in [1.165, 1.54) is 110 Å². The van der Waals surface area contributed by atoms with Gasteiger partial charge < -0.3 is 56.8 Å². The first-order valence-electron chi connectivity index (χ1n) is 51.9. The van der Waals surface area contributed by atoms with Crippen molar-refractivity contribution in [3.8, 4) is 39.9 Å². The van der Waals surface area contributed by atoms with Crippen LogP contribution in [0.4, 0.5) is 5.69 Å². The lowest BCUT2D eigenvalue weighted by Crippen LogP contribution is -2.20. The maximum absolute atomic E-state index is 11.1. The van der Waals surface area contributed by atoms with E-state index < -0.39 is 0 Å². The maximum atomic E-state index is 11.1. The van der Waals surface area contributed by atoms with Crippen molar-refractivity contribution in [2.45, 2.75) is 282 Å². The minimum Gasteiger partial charge on any atom is -0.496 e. The number of para-hydroxylation sites is 5. The fourth-order valence-electron chi connectivity index (χ4n) is 17.1. The summed E-state index contributed by atoms with van der Waals surface area (Å²) < 4.78 is 69.8. The van der Waals surface area contributed by atoms with Crippen molar-refractivity contribution in [3.63, 3.8) is 0 Å². The van der Waals surface area contributed by atoms with E-state index in [4.69, 9.17) is 63.4 Å². The molecule has 0 heterocycles. The molecule has 1 aliphatic rings. The Morgan fingerprint density at radius 3 is 1.38 bits per heavy atom. The molecule has 0 aromatic heterocycles. The van der Waals surface area contributed by atoms with Gasteiger partial charge in [0.15, 0.2) is 5.69 Å². The second-order valence-electron chi connectivity index (χ2n) is 37.7. The summed E-state index contributed by atoms with van der Waals surface area (Å²) in [5, 5.41) is 0. The summed E-state index contributed by atoms with van der Waals surface area (Å²) in [7, 11) is 1.72. The van der Waals surface area contributed by atoms with E-state index in [2.05, 4.69) is 292 Å². The first kappa shape index (κ1) is 117. The lowest BCUT2D eigenvalue weighted by atomic mass is 9.91. The zero-order chi connectivity index (χ0) is 104. The zero-order valence-corrected chi connectivity index (χ0v) is 89.7. The molecule has 0 spiro atoms. The Morgan fingerprint density at radius 1 is 0.368 bits per heavy atom. The number of carbonyl (C=O) groups excluding carboxylic acids is 1. The van der Waals surface area contributed by atoms with Crippen LogP contribution in [0.1, 0.15) is 230 Å². The molecule has 766 valence electrons. The summed E-state index contributed by atoms with van der Waals surface area (Å²) in [6.07, 6.45) is 13.3. The third-order valence-corrected chi connectivity index (χ3v) is 25.9. The van der Waals surface area contributed by atoms with Gasteiger partial charge in [-0.3, -0.25) is 4.79 Å². The van der Waals surface area contributed by atoms with E-state index in [0.717, 1.165) is 78.2 Å². The highest BCUT2D eigenvalue weighted by Gasteiger charge is 2.24. The van der Waals surface area contributed by atoms with Crippen LogP contribution in [0.15, 0.2) is 334 Å². The Labute approximate surface area is 864 Å². The number of rotatable bonds is 44. The van der Waals surface area contributed by atoms with E-state index in [9.17, 15) is 4.79 Å². The van der Waals surface area contributed by atoms with Gasteiger partial charge in [-0.15, -0.1) is 0 Å². The van der Waals surface area contributed by atoms with Gasteiger partial charge in [0.1, 0.15) is 48.6 Å². The predicted molar refractivity (Wildman–Crippen MR) is 594 cm³/mol. The average molecular weight is 1950 g/mol. The van der Waals surface area contributed by atoms with Crippen molar-refractivity contribution in [3.05, 3.63) is 429 Å². The molecular weight excluding hydrogens is 1780 g/mol. The van der Waals surface area contributed by atoms with Crippen LogP contribution in [0.3, 0.4) is 0 Å². The minimum absolute atomic E-state index is 0.0908. The highest BCUT2D eigenvalue weighted by molar-refractivity contribution is 5.71. The van der Waals surface area contributed by atoms with Gasteiger partial charge >= 0.3 is 5.97 Å². The smallest absolute Gasteiger partial charge is 0.308 e. The largest absolute Gasteiger partial charge is 0.496 e. The zero-order valence-electron chi connectivity index (χ0n) is 89.7.